The molecule has 16 heteroatoms. The summed E-state index contributed by atoms with van der Waals surface area (Å²) in [6, 6.07) is 10.7. The minimum Gasteiger partial charge on any atom is -0.445 e. The number of amides is 2. The molecule has 0 radical (unpaired) electrons. The number of benzene rings is 2. The predicted molar refractivity (Wildman–Crippen MR) is 155 cm³/mol. The van der Waals surface area contributed by atoms with Crippen LogP contribution in [0.2, 0.25) is 10.0 Å². The van der Waals surface area contributed by atoms with Crippen molar-refractivity contribution in [2.45, 2.75) is 27.0 Å². The zero-order chi connectivity index (χ0) is 28.4. The van der Waals surface area contributed by atoms with Crippen molar-refractivity contribution < 1.29 is 22.7 Å². The topological polar surface area (TPSA) is 117 Å². The van der Waals surface area contributed by atoms with Crippen LogP contribution in [0.15, 0.2) is 51.7 Å². The Morgan fingerprint density at radius 1 is 1.21 bits per heavy atom. The first-order chi connectivity index (χ1) is 18.3. The van der Waals surface area contributed by atoms with Gasteiger partial charge in [-0.05, 0) is 42.3 Å². The predicted octanol–water partition coefficient (Wildman–Crippen LogP) is 6.04. The summed E-state index contributed by atoms with van der Waals surface area (Å²) in [5.41, 5.74) is 1.26. The van der Waals surface area contributed by atoms with Crippen LogP contribution < -0.4 is 10.0 Å². The van der Waals surface area contributed by atoms with Gasteiger partial charge in [0.15, 0.2) is 0 Å². The second kappa shape index (κ2) is 12.4. The molecule has 0 bridgehead atoms. The summed E-state index contributed by atoms with van der Waals surface area (Å²) in [5.74, 6) is -0.340. The smallest absolute Gasteiger partial charge is 0.412 e. The van der Waals surface area contributed by atoms with E-state index in [1.807, 2.05) is 0 Å². The van der Waals surface area contributed by atoms with Gasteiger partial charge in [-0.2, -0.15) is 4.72 Å². The summed E-state index contributed by atoms with van der Waals surface area (Å²) in [7, 11) is -3.97. The summed E-state index contributed by atoms with van der Waals surface area (Å²) in [6.07, 6.45) is 0.592. The first-order valence-corrected chi connectivity index (χ1v) is 15.3. The van der Waals surface area contributed by atoms with E-state index in [1.54, 1.807) is 41.3 Å². The molecule has 1 aliphatic heterocycles. The number of carbonyl (C=O) groups excluding carboxylic acids is 2. The van der Waals surface area contributed by atoms with Gasteiger partial charge in [0, 0.05) is 28.2 Å². The molecule has 1 aliphatic rings. The van der Waals surface area contributed by atoms with Crippen LogP contribution in [0.3, 0.4) is 0 Å². The van der Waals surface area contributed by atoms with E-state index in [0.717, 1.165) is 23.2 Å². The number of likely N-dealkylation sites (tertiary alicyclic amines) is 1. The van der Waals surface area contributed by atoms with Crippen LogP contribution in [0.5, 0.6) is 0 Å². The molecule has 3 aromatic rings. The third kappa shape index (κ3) is 8.11. The van der Waals surface area contributed by atoms with E-state index in [-0.39, 0.29) is 16.7 Å². The maximum absolute atomic E-state index is 13.0. The average molecular weight is 673 g/mol. The lowest BCUT2D eigenvalue weighted by Gasteiger charge is -2.17. The third-order valence-corrected chi connectivity index (χ3v) is 9.32. The number of nitrogens with one attached hydrogen (secondary N) is 2. The van der Waals surface area contributed by atoms with Crippen molar-refractivity contribution in [2.75, 3.05) is 13.2 Å². The standard InChI is InChI=1S/C23H19Cl5N4O5S2/c24-14-7-17(25)16-9-20(38-19(16)8-14)39(35,36)31-18-4-5-32(21(18)33)10-13-2-1-3-15(6-13)29-12-30-22(34)37-11-23(26,27)28/h1-3,6-9,12,18,31H,4-5,10-11H2,(H,29,30,34). The highest BCUT2D eigenvalue weighted by atomic mass is 35.6. The molecular formula is C23H19Cl5N4O5S2. The molecule has 1 unspecified atom stereocenters. The number of carbonyl (C=O) groups is 2. The molecule has 0 aliphatic carbocycles. The number of alkyl halides is 3. The Morgan fingerprint density at radius 2 is 1.97 bits per heavy atom. The number of alkyl carbamates (subject to hydrolysis) is 1. The van der Waals surface area contributed by atoms with Crippen LogP contribution in [-0.4, -0.2) is 54.6 Å². The van der Waals surface area contributed by atoms with E-state index in [2.05, 4.69) is 15.0 Å². The van der Waals surface area contributed by atoms with Gasteiger partial charge in [-0.1, -0.05) is 70.1 Å². The molecule has 2 aromatic carbocycles. The van der Waals surface area contributed by atoms with Gasteiger partial charge in [0.05, 0.1) is 17.0 Å². The number of hydrogen-bond acceptors (Lipinski definition) is 7. The van der Waals surface area contributed by atoms with Gasteiger partial charge >= 0.3 is 6.09 Å². The molecule has 1 atom stereocenters. The molecule has 2 N–H and O–H groups in total. The third-order valence-electron chi connectivity index (χ3n) is 5.44. The van der Waals surface area contributed by atoms with Gasteiger partial charge in [0.2, 0.25) is 9.70 Å². The fourth-order valence-electron chi connectivity index (χ4n) is 3.73. The SMILES string of the molecule is O=C(N/C=N/c1cccc(CN2CCC(NS(=O)(=O)c3cc4c(Cl)cc(Cl)cc4s3)C2=O)c1)OCC(Cl)(Cl)Cl. The Kier molecular flexibility index (Phi) is 9.55. The first kappa shape index (κ1) is 30.1. The molecule has 2 heterocycles. The molecule has 0 spiro atoms. The lowest BCUT2D eigenvalue weighted by Crippen LogP contribution is -2.41. The second-order valence-corrected chi connectivity index (χ2v) is 14.7. The Morgan fingerprint density at radius 3 is 2.72 bits per heavy atom. The van der Waals surface area contributed by atoms with Crippen LogP contribution in [0.4, 0.5) is 10.5 Å². The number of nitrogens with zero attached hydrogens (tertiary/aromatic N) is 2. The number of thiophene rings is 1. The van der Waals surface area contributed by atoms with Gasteiger partial charge in [-0.25, -0.2) is 18.2 Å². The van der Waals surface area contributed by atoms with E-state index in [0.29, 0.717) is 38.8 Å². The fraction of sp³-hybridized carbons (Fsp3) is 0.261. The number of hydrogen-bond donors (Lipinski definition) is 2. The number of fused-ring (bicyclic) bond motifs is 1. The summed E-state index contributed by atoms with van der Waals surface area (Å²) in [4.78, 5) is 30.3. The van der Waals surface area contributed by atoms with Crippen molar-refractivity contribution in [1.29, 1.82) is 0 Å². The van der Waals surface area contributed by atoms with Crippen molar-refractivity contribution in [3.63, 3.8) is 0 Å². The van der Waals surface area contributed by atoms with Gasteiger partial charge in [0.1, 0.15) is 16.9 Å². The van der Waals surface area contributed by atoms with Crippen LogP contribution in [0.25, 0.3) is 10.1 Å². The minimum absolute atomic E-state index is 0.0447. The molecule has 0 saturated carbocycles. The summed E-state index contributed by atoms with van der Waals surface area (Å²) >= 11 is 29.8. The van der Waals surface area contributed by atoms with E-state index >= 15 is 0 Å². The maximum Gasteiger partial charge on any atom is 0.412 e. The molecule has 4 rings (SSSR count). The molecule has 1 aromatic heterocycles. The van der Waals surface area contributed by atoms with E-state index in [4.69, 9.17) is 62.7 Å². The normalized spacial score (nSPS) is 16.4. The molecule has 1 fully saturated rings. The Labute approximate surface area is 253 Å². The van der Waals surface area contributed by atoms with E-state index < -0.39 is 32.6 Å². The van der Waals surface area contributed by atoms with Crippen molar-refractivity contribution >= 4 is 113 Å². The van der Waals surface area contributed by atoms with E-state index in [1.165, 1.54) is 6.07 Å². The molecule has 2 amide bonds. The quantitative estimate of drug-likeness (QED) is 0.172. The number of aliphatic imine (C=N–C) groups is 1. The van der Waals surface area contributed by atoms with Gasteiger partial charge in [-0.15, -0.1) is 11.3 Å². The monoisotopic (exact) mass is 670 g/mol. The fourth-order valence-corrected chi connectivity index (χ4v) is 7.25. The number of ether oxygens (including phenoxy) is 1. The van der Waals surface area contributed by atoms with Gasteiger partial charge < -0.3 is 9.64 Å². The maximum atomic E-state index is 13.0. The van der Waals surface area contributed by atoms with Gasteiger partial charge in [0.25, 0.3) is 10.0 Å². The molecule has 208 valence electrons. The highest BCUT2D eigenvalue weighted by molar-refractivity contribution is 7.91. The minimum atomic E-state index is -3.97. The Balaban J connectivity index is 1.35. The van der Waals surface area contributed by atoms with Gasteiger partial charge in [-0.3, -0.25) is 10.1 Å². The van der Waals surface area contributed by atoms with Crippen LogP contribution in [0.1, 0.15) is 12.0 Å². The molecule has 1 saturated heterocycles. The summed E-state index contributed by atoms with van der Waals surface area (Å²) in [6.45, 7) is 0.182. The Bertz CT molecular complexity index is 1540. The van der Waals surface area contributed by atoms with Crippen LogP contribution in [0, 0.1) is 0 Å². The number of sulfonamides is 1. The highest BCUT2D eigenvalue weighted by Crippen LogP contribution is 2.36. The second-order valence-electron chi connectivity index (χ2n) is 8.35. The highest BCUT2D eigenvalue weighted by Gasteiger charge is 2.35. The first-order valence-electron chi connectivity index (χ1n) is 11.1. The van der Waals surface area contributed by atoms with E-state index in [9.17, 15) is 18.0 Å². The molecule has 39 heavy (non-hydrogen) atoms. The van der Waals surface area contributed by atoms with Crippen molar-refractivity contribution in [2.24, 2.45) is 4.99 Å². The van der Waals surface area contributed by atoms with Crippen LogP contribution in [-0.2, 0) is 26.1 Å². The average Bonchev–Trinajstić information content (AvgIpc) is 3.42. The zero-order valence-electron chi connectivity index (χ0n) is 19.7. The number of rotatable bonds is 8. The lowest BCUT2D eigenvalue weighted by atomic mass is 10.2. The Hall–Kier alpha value is -1.83. The summed E-state index contributed by atoms with van der Waals surface area (Å²) in [5, 5.41) is 3.61. The van der Waals surface area contributed by atoms with Crippen LogP contribution >= 0.6 is 69.3 Å². The zero-order valence-corrected chi connectivity index (χ0v) is 25.1. The largest absolute Gasteiger partial charge is 0.445 e. The number of halogens is 5. The lowest BCUT2D eigenvalue weighted by molar-refractivity contribution is -0.129. The van der Waals surface area contributed by atoms with Crippen molar-refractivity contribution in [3.8, 4) is 0 Å². The van der Waals surface area contributed by atoms with Crippen molar-refractivity contribution in [3.05, 3.63) is 58.1 Å². The van der Waals surface area contributed by atoms with Crippen molar-refractivity contribution in [1.82, 2.24) is 14.9 Å². The summed E-state index contributed by atoms with van der Waals surface area (Å²) < 4.78 is 32.2. The molecular weight excluding hydrogens is 654 g/mol. The molecule has 9 nitrogen and oxygen atoms in total.